The van der Waals surface area contributed by atoms with E-state index in [1.54, 1.807) is 22.1 Å². The van der Waals surface area contributed by atoms with E-state index in [0.717, 1.165) is 30.1 Å². The topological polar surface area (TPSA) is 69.0 Å². The van der Waals surface area contributed by atoms with Gasteiger partial charge in [-0.15, -0.1) is 11.3 Å². The molecule has 7 heteroatoms. The molecule has 0 spiro atoms. The van der Waals surface area contributed by atoms with E-state index in [9.17, 15) is 4.79 Å². The van der Waals surface area contributed by atoms with Gasteiger partial charge in [0.2, 0.25) is 5.88 Å². The van der Waals surface area contributed by atoms with Gasteiger partial charge in [-0.1, -0.05) is 6.92 Å². The summed E-state index contributed by atoms with van der Waals surface area (Å²) in [5, 5.41) is 10.1. The summed E-state index contributed by atoms with van der Waals surface area (Å²) in [6.07, 6.45) is 1.85. The van der Waals surface area contributed by atoms with Crippen LogP contribution in [-0.4, -0.2) is 27.3 Å². The first-order valence-corrected chi connectivity index (χ1v) is 7.56. The van der Waals surface area contributed by atoms with Crippen LogP contribution in [0, 0.1) is 0 Å². The number of aromatic nitrogens is 3. The molecular weight excluding hydrogens is 276 g/mol. The Labute approximate surface area is 120 Å². The summed E-state index contributed by atoms with van der Waals surface area (Å²) in [4.78, 5) is 16.5. The number of fused-ring (bicyclic) bond motifs is 1. The molecule has 0 atom stereocenters. The third-order valence-electron chi connectivity index (χ3n) is 3.07. The molecule has 106 valence electrons. The molecule has 1 aliphatic rings. The summed E-state index contributed by atoms with van der Waals surface area (Å²) in [7, 11) is 0. The largest absolute Gasteiger partial charge is 0.478 e. The Balaban J connectivity index is 1.62. The Morgan fingerprint density at radius 1 is 1.60 bits per heavy atom. The first-order chi connectivity index (χ1) is 9.76. The minimum Gasteiger partial charge on any atom is -0.478 e. The van der Waals surface area contributed by atoms with Crippen LogP contribution in [0.1, 0.15) is 34.5 Å². The van der Waals surface area contributed by atoms with Crippen molar-refractivity contribution in [2.45, 2.75) is 32.9 Å². The van der Waals surface area contributed by atoms with Gasteiger partial charge in [0.15, 0.2) is 5.69 Å². The van der Waals surface area contributed by atoms with Gasteiger partial charge in [0.1, 0.15) is 0 Å². The zero-order valence-electron chi connectivity index (χ0n) is 11.3. The number of nitrogens with zero attached hydrogens (tertiary/aromatic N) is 3. The highest BCUT2D eigenvalue weighted by Crippen LogP contribution is 2.18. The third-order valence-corrected chi connectivity index (χ3v) is 4.11. The molecule has 0 unspecified atom stereocenters. The van der Waals surface area contributed by atoms with Gasteiger partial charge in [0, 0.05) is 24.4 Å². The minimum absolute atomic E-state index is 0.193. The minimum atomic E-state index is -0.193. The van der Waals surface area contributed by atoms with Crippen molar-refractivity contribution in [3.05, 3.63) is 27.8 Å². The lowest BCUT2D eigenvalue weighted by atomic mass is 10.3. The lowest BCUT2D eigenvalue weighted by molar-refractivity contribution is 0.0944. The van der Waals surface area contributed by atoms with Gasteiger partial charge >= 0.3 is 0 Å². The van der Waals surface area contributed by atoms with Gasteiger partial charge in [-0.25, -0.2) is 9.67 Å². The molecule has 20 heavy (non-hydrogen) atoms. The fraction of sp³-hybridized carbons (Fsp3) is 0.462. The van der Waals surface area contributed by atoms with Gasteiger partial charge in [0.05, 0.1) is 23.9 Å². The van der Waals surface area contributed by atoms with Crippen LogP contribution >= 0.6 is 11.3 Å². The van der Waals surface area contributed by atoms with E-state index in [4.69, 9.17) is 4.74 Å². The van der Waals surface area contributed by atoms with Gasteiger partial charge in [0.25, 0.3) is 5.91 Å². The molecule has 1 amide bonds. The third kappa shape index (κ3) is 2.67. The quantitative estimate of drug-likeness (QED) is 0.929. The van der Waals surface area contributed by atoms with Crippen molar-refractivity contribution in [3.63, 3.8) is 0 Å². The van der Waals surface area contributed by atoms with E-state index in [0.29, 0.717) is 24.7 Å². The SMILES string of the molecule is CCc1nc(CNC(=O)c2cc3n(n2)CCCO3)cs1. The van der Waals surface area contributed by atoms with Crippen molar-refractivity contribution < 1.29 is 9.53 Å². The van der Waals surface area contributed by atoms with Crippen molar-refractivity contribution in [1.29, 1.82) is 0 Å². The van der Waals surface area contributed by atoms with E-state index < -0.39 is 0 Å². The number of carbonyl (C=O) groups is 1. The number of hydrogen-bond acceptors (Lipinski definition) is 5. The zero-order chi connectivity index (χ0) is 13.9. The van der Waals surface area contributed by atoms with Crippen LogP contribution in [0.5, 0.6) is 5.88 Å². The maximum absolute atomic E-state index is 12.0. The highest BCUT2D eigenvalue weighted by atomic mass is 32.1. The summed E-state index contributed by atoms with van der Waals surface area (Å²) in [5.74, 6) is 0.477. The second-order valence-corrected chi connectivity index (χ2v) is 5.50. The number of amides is 1. The van der Waals surface area contributed by atoms with Crippen LogP contribution in [0.25, 0.3) is 0 Å². The van der Waals surface area contributed by atoms with Gasteiger partial charge < -0.3 is 10.1 Å². The Bertz CT molecular complexity index is 596. The van der Waals surface area contributed by atoms with Crippen LogP contribution in [-0.2, 0) is 19.5 Å². The second kappa shape index (κ2) is 5.62. The van der Waals surface area contributed by atoms with Crippen molar-refractivity contribution in [1.82, 2.24) is 20.1 Å². The highest BCUT2D eigenvalue weighted by molar-refractivity contribution is 7.09. The second-order valence-electron chi connectivity index (χ2n) is 4.56. The molecular formula is C13H16N4O2S. The van der Waals surface area contributed by atoms with Crippen LogP contribution in [0.15, 0.2) is 11.4 Å². The number of carbonyl (C=O) groups excluding carboxylic acids is 1. The Morgan fingerprint density at radius 3 is 3.25 bits per heavy atom. The first-order valence-electron chi connectivity index (χ1n) is 6.68. The monoisotopic (exact) mass is 292 g/mol. The summed E-state index contributed by atoms with van der Waals surface area (Å²) in [6.45, 7) is 3.98. The molecule has 0 saturated heterocycles. The molecule has 3 heterocycles. The number of aryl methyl sites for hydroxylation is 2. The zero-order valence-corrected chi connectivity index (χ0v) is 12.1. The number of hydrogen-bond donors (Lipinski definition) is 1. The molecule has 0 bridgehead atoms. The molecule has 0 fully saturated rings. The van der Waals surface area contributed by atoms with E-state index in [-0.39, 0.29) is 5.91 Å². The van der Waals surface area contributed by atoms with Crippen LogP contribution in [0.4, 0.5) is 0 Å². The number of ether oxygens (including phenoxy) is 1. The van der Waals surface area contributed by atoms with Gasteiger partial charge in [-0.3, -0.25) is 4.79 Å². The van der Waals surface area contributed by atoms with E-state index in [2.05, 4.69) is 22.3 Å². The molecule has 0 radical (unpaired) electrons. The van der Waals surface area contributed by atoms with E-state index in [1.165, 1.54) is 0 Å². The summed E-state index contributed by atoms with van der Waals surface area (Å²) in [5.41, 5.74) is 1.29. The summed E-state index contributed by atoms with van der Waals surface area (Å²) < 4.78 is 7.18. The number of rotatable bonds is 4. The predicted molar refractivity (Wildman–Crippen MR) is 75.0 cm³/mol. The normalized spacial score (nSPS) is 13.7. The Kier molecular flexibility index (Phi) is 3.68. The average molecular weight is 292 g/mol. The smallest absolute Gasteiger partial charge is 0.272 e. The van der Waals surface area contributed by atoms with Crippen molar-refractivity contribution in [2.75, 3.05) is 6.61 Å². The number of nitrogens with one attached hydrogen (secondary N) is 1. The van der Waals surface area contributed by atoms with Crippen molar-refractivity contribution in [3.8, 4) is 5.88 Å². The van der Waals surface area contributed by atoms with Crippen LogP contribution in [0.3, 0.4) is 0 Å². The molecule has 0 saturated carbocycles. The maximum Gasteiger partial charge on any atom is 0.272 e. The fourth-order valence-electron chi connectivity index (χ4n) is 2.03. The molecule has 1 aliphatic heterocycles. The number of thiazole rings is 1. The fourth-order valence-corrected chi connectivity index (χ4v) is 2.78. The molecule has 0 aromatic carbocycles. The predicted octanol–water partition coefficient (Wildman–Crippen LogP) is 1.61. The van der Waals surface area contributed by atoms with Crippen molar-refractivity contribution in [2.24, 2.45) is 0 Å². The molecule has 2 aromatic rings. The van der Waals surface area contributed by atoms with E-state index >= 15 is 0 Å². The molecule has 0 aliphatic carbocycles. The average Bonchev–Trinajstić information content (AvgIpc) is 3.10. The first kappa shape index (κ1) is 13.1. The molecule has 3 rings (SSSR count). The lowest BCUT2D eigenvalue weighted by Crippen LogP contribution is -2.23. The lowest BCUT2D eigenvalue weighted by Gasteiger charge is -2.13. The standard InChI is InChI=1S/C13H16N4O2S/c1-2-11-15-9(8-20-11)7-14-13(18)10-6-12-17(16-10)4-3-5-19-12/h6,8H,2-5,7H2,1H3,(H,14,18). The van der Waals surface area contributed by atoms with Gasteiger partial charge in [-0.05, 0) is 6.42 Å². The van der Waals surface area contributed by atoms with Crippen LogP contribution in [0.2, 0.25) is 0 Å². The molecule has 2 aromatic heterocycles. The summed E-state index contributed by atoms with van der Waals surface area (Å²) in [6, 6.07) is 1.69. The molecule has 1 N–H and O–H groups in total. The Morgan fingerprint density at radius 2 is 2.50 bits per heavy atom. The van der Waals surface area contributed by atoms with E-state index in [1.807, 2.05) is 5.38 Å². The Hall–Kier alpha value is -1.89. The summed E-state index contributed by atoms with van der Waals surface area (Å²) >= 11 is 1.62. The maximum atomic E-state index is 12.0. The highest BCUT2D eigenvalue weighted by Gasteiger charge is 2.17. The van der Waals surface area contributed by atoms with Crippen LogP contribution < -0.4 is 10.1 Å². The van der Waals surface area contributed by atoms with Crippen molar-refractivity contribution >= 4 is 17.2 Å². The molecule has 6 nitrogen and oxygen atoms in total. The van der Waals surface area contributed by atoms with Gasteiger partial charge in [-0.2, -0.15) is 5.10 Å².